The number of benzene rings is 1. The highest BCUT2D eigenvalue weighted by Gasteiger charge is 2.53. The van der Waals surface area contributed by atoms with Crippen LogP contribution in [-0.4, -0.2) is 70.7 Å². The largest absolute Gasteiger partial charge is 0.444 e. The Morgan fingerprint density at radius 3 is 2.35 bits per heavy atom. The molecule has 1 aromatic carbocycles. The average molecular weight is 519 g/mol. The van der Waals surface area contributed by atoms with E-state index in [0.717, 1.165) is 57.2 Å². The molecule has 9 nitrogen and oxygen atoms in total. The summed E-state index contributed by atoms with van der Waals surface area (Å²) in [5, 5.41) is 16.3. The van der Waals surface area contributed by atoms with E-state index in [9.17, 15) is 9.59 Å². The van der Waals surface area contributed by atoms with Crippen LogP contribution < -0.4 is 10.6 Å². The van der Waals surface area contributed by atoms with Gasteiger partial charge in [-0.15, -0.1) is 0 Å². The molecule has 1 atom stereocenters. The Labute approximate surface area is 221 Å². The zero-order valence-corrected chi connectivity index (χ0v) is 23.2. The van der Waals surface area contributed by atoms with E-state index in [1.807, 2.05) is 69.9 Å². The molecule has 1 aromatic rings. The van der Waals surface area contributed by atoms with Gasteiger partial charge in [0.05, 0.1) is 12.8 Å². The average Bonchev–Trinajstić information content (AvgIpc) is 3.03. The summed E-state index contributed by atoms with van der Waals surface area (Å²) in [6.07, 6.45) is 6.12. The van der Waals surface area contributed by atoms with Gasteiger partial charge >= 0.3 is 12.1 Å². The molecule has 2 saturated heterocycles. The minimum Gasteiger partial charge on any atom is -0.444 e. The van der Waals surface area contributed by atoms with Crippen molar-refractivity contribution in [2.24, 2.45) is 5.41 Å². The molecule has 208 valence electrons. The molecule has 1 spiro atoms. The van der Waals surface area contributed by atoms with Crippen LogP contribution in [0.3, 0.4) is 0 Å². The number of aliphatic hydroxyl groups excluding tert-OH is 1. The molecule has 2 aliphatic carbocycles. The minimum atomic E-state index is -0.432. The van der Waals surface area contributed by atoms with Crippen LogP contribution in [0.2, 0.25) is 0 Å². The Morgan fingerprint density at radius 2 is 1.76 bits per heavy atom. The zero-order chi connectivity index (χ0) is 27.1. The highest BCUT2D eigenvalue weighted by atomic mass is 16.7. The second kappa shape index (κ2) is 12.9. The third-order valence-electron chi connectivity index (χ3n) is 7.22. The number of carbonyl (C=O) groups is 2. The molecule has 2 aliphatic heterocycles. The lowest BCUT2D eigenvalue weighted by atomic mass is 9.52. The summed E-state index contributed by atoms with van der Waals surface area (Å²) in [6, 6.07) is 10.9. The minimum absolute atomic E-state index is 0.0310. The van der Waals surface area contributed by atoms with Gasteiger partial charge in [-0.2, -0.15) is 5.06 Å². The number of urea groups is 1. The number of hydrogen-bond acceptors (Lipinski definition) is 6. The van der Waals surface area contributed by atoms with E-state index in [1.54, 1.807) is 5.06 Å². The van der Waals surface area contributed by atoms with Gasteiger partial charge in [-0.25, -0.2) is 9.59 Å². The second-order valence-corrected chi connectivity index (χ2v) is 11.3. The van der Waals surface area contributed by atoms with Crippen molar-refractivity contribution in [3.63, 3.8) is 0 Å². The van der Waals surface area contributed by atoms with E-state index in [1.165, 1.54) is 0 Å². The van der Waals surface area contributed by atoms with Crippen LogP contribution in [0, 0.1) is 5.41 Å². The first-order valence-corrected chi connectivity index (χ1v) is 13.8. The summed E-state index contributed by atoms with van der Waals surface area (Å²) in [5.41, 5.74) is 1.07. The zero-order valence-electron chi connectivity index (χ0n) is 23.2. The summed E-state index contributed by atoms with van der Waals surface area (Å²) < 4.78 is 5.23. The van der Waals surface area contributed by atoms with E-state index in [4.69, 9.17) is 14.7 Å². The standard InChI is InChI=1S/C13H24N2O3.C13H16N2O2.C2H6/c1-12(2,3)18-11(17)15-10-6-13(7-10)4-9(5-13)14-8-16;16-13-14-8-4-7-12(9-14)15(13)17-10-11-5-2-1-3-6-11;1-2/h9-10,14,16H,4-8H2,1-3H3,(H,15,17);1-3,5-6,12H,4,7-10H2;1-2H3/t;12-;/m.1./s1. The van der Waals surface area contributed by atoms with Crippen LogP contribution in [0.25, 0.3) is 0 Å². The first kappa shape index (κ1) is 29.2. The van der Waals surface area contributed by atoms with Crippen LogP contribution in [0.15, 0.2) is 30.3 Å². The van der Waals surface area contributed by atoms with Crippen molar-refractivity contribution >= 4 is 12.1 Å². The van der Waals surface area contributed by atoms with E-state index < -0.39 is 5.60 Å². The Kier molecular flexibility index (Phi) is 10.2. The topological polar surface area (TPSA) is 103 Å². The fourth-order valence-electron chi connectivity index (χ4n) is 5.65. The SMILES string of the molecule is CC.CC(C)(C)OC(=O)NC1CC2(CC(NCO)C2)C1.O=C1N2CCC[C@H](C2)N1OCc1ccccc1. The number of nitrogens with zero attached hydrogens (tertiary/aromatic N) is 2. The van der Waals surface area contributed by atoms with E-state index in [2.05, 4.69) is 10.6 Å². The molecule has 0 unspecified atom stereocenters. The molecule has 3 amide bonds. The van der Waals surface area contributed by atoms with Gasteiger partial charge in [0.2, 0.25) is 0 Å². The predicted molar refractivity (Wildman–Crippen MR) is 142 cm³/mol. The molecule has 3 N–H and O–H groups in total. The van der Waals surface area contributed by atoms with Gasteiger partial charge < -0.3 is 20.1 Å². The number of alkyl carbamates (subject to hydrolysis) is 1. The van der Waals surface area contributed by atoms with Crippen LogP contribution in [-0.2, 0) is 16.2 Å². The van der Waals surface area contributed by atoms with E-state index in [-0.39, 0.29) is 30.9 Å². The highest BCUT2D eigenvalue weighted by Crippen LogP contribution is 2.55. The summed E-state index contributed by atoms with van der Waals surface area (Å²) in [7, 11) is 0. The van der Waals surface area contributed by atoms with Gasteiger partial charge in [0.1, 0.15) is 12.2 Å². The van der Waals surface area contributed by atoms with Gasteiger partial charge in [-0.3, -0.25) is 10.2 Å². The quantitative estimate of drug-likeness (QED) is 0.482. The van der Waals surface area contributed by atoms with Crippen molar-refractivity contribution in [3.05, 3.63) is 35.9 Å². The van der Waals surface area contributed by atoms with Gasteiger partial charge in [-0.1, -0.05) is 44.2 Å². The Hall–Kier alpha value is -2.36. The van der Waals surface area contributed by atoms with Crippen molar-refractivity contribution in [2.45, 2.75) is 103 Å². The number of amides is 3. The number of hydrogen-bond donors (Lipinski definition) is 3. The molecule has 4 fully saturated rings. The van der Waals surface area contributed by atoms with Crippen LogP contribution in [0.5, 0.6) is 0 Å². The number of piperidine rings is 1. The van der Waals surface area contributed by atoms with Crippen molar-refractivity contribution in [3.8, 4) is 0 Å². The lowest BCUT2D eigenvalue weighted by molar-refractivity contribution is -0.140. The lowest BCUT2D eigenvalue weighted by Gasteiger charge is -2.57. The van der Waals surface area contributed by atoms with E-state index in [0.29, 0.717) is 18.1 Å². The predicted octanol–water partition coefficient (Wildman–Crippen LogP) is 4.41. The second-order valence-electron chi connectivity index (χ2n) is 11.3. The van der Waals surface area contributed by atoms with Gasteiger partial charge in [0.25, 0.3) is 0 Å². The number of ether oxygens (including phenoxy) is 1. The number of fused-ring (bicyclic) bond motifs is 2. The first-order chi connectivity index (χ1) is 17.7. The summed E-state index contributed by atoms with van der Waals surface area (Å²) in [6.45, 7) is 11.8. The molecule has 2 heterocycles. The number of nitrogens with one attached hydrogen (secondary N) is 2. The maximum atomic E-state index is 11.9. The van der Waals surface area contributed by atoms with Gasteiger partial charge in [0, 0.05) is 25.2 Å². The lowest BCUT2D eigenvalue weighted by Crippen LogP contribution is -2.60. The molecule has 2 bridgehead atoms. The fourth-order valence-corrected chi connectivity index (χ4v) is 5.65. The maximum Gasteiger partial charge on any atom is 0.407 e. The van der Waals surface area contributed by atoms with Gasteiger partial charge in [-0.05, 0) is 70.3 Å². The molecular formula is C28H46N4O5. The first-order valence-electron chi connectivity index (χ1n) is 13.8. The van der Waals surface area contributed by atoms with Crippen molar-refractivity contribution in [1.82, 2.24) is 20.6 Å². The van der Waals surface area contributed by atoms with Gasteiger partial charge in [0.15, 0.2) is 0 Å². The van der Waals surface area contributed by atoms with Crippen molar-refractivity contribution in [1.29, 1.82) is 0 Å². The van der Waals surface area contributed by atoms with Crippen molar-refractivity contribution in [2.75, 3.05) is 19.8 Å². The molecule has 0 radical (unpaired) electrons. The number of hydroxylamine groups is 2. The fraction of sp³-hybridized carbons (Fsp3) is 0.714. The molecule has 37 heavy (non-hydrogen) atoms. The molecule has 9 heteroatoms. The molecule has 2 saturated carbocycles. The monoisotopic (exact) mass is 518 g/mol. The Bertz CT molecular complexity index is 861. The highest BCUT2D eigenvalue weighted by molar-refractivity contribution is 5.76. The summed E-state index contributed by atoms with van der Waals surface area (Å²) in [5.74, 6) is 0. The van der Waals surface area contributed by atoms with Crippen LogP contribution in [0.1, 0.15) is 78.7 Å². The number of aliphatic hydroxyl groups is 1. The Morgan fingerprint density at radius 1 is 1.11 bits per heavy atom. The maximum absolute atomic E-state index is 11.9. The summed E-state index contributed by atoms with van der Waals surface area (Å²) in [4.78, 5) is 31.0. The number of carbonyl (C=O) groups excluding carboxylic acids is 2. The molecule has 0 aromatic heterocycles. The third-order valence-corrected chi connectivity index (χ3v) is 7.22. The van der Waals surface area contributed by atoms with Crippen LogP contribution in [0.4, 0.5) is 9.59 Å². The molecular weight excluding hydrogens is 472 g/mol. The summed E-state index contributed by atoms with van der Waals surface area (Å²) >= 11 is 0. The third kappa shape index (κ3) is 8.06. The smallest absolute Gasteiger partial charge is 0.407 e. The van der Waals surface area contributed by atoms with Crippen molar-refractivity contribution < 1.29 is 24.3 Å². The normalized spacial score (nSPS) is 27.7. The Balaban J connectivity index is 0.000000193. The van der Waals surface area contributed by atoms with Crippen LogP contribution >= 0.6 is 0 Å². The number of rotatable bonds is 6. The molecule has 4 aliphatic rings. The molecule has 5 rings (SSSR count). The van der Waals surface area contributed by atoms with E-state index >= 15 is 0 Å².